The fourth-order valence-electron chi connectivity index (χ4n) is 3.36. The van der Waals surface area contributed by atoms with E-state index in [2.05, 4.69) is 38.8 Å². The molecule has 5 heteroatoms. The van der Waals surface area contributed by atoms with Crippen LogP contribution in [0.4, 0.5) is 0 Å². The summed E-state index contributed by atoms with van der Waals surface area (Å²) in [5, 5.41) is 7.45. The minimum atomic E-state index is 0.376. The van der Waals surface area contributed by atoms with Crippen molar-refractivity contribution in [3.05, 3.63) is 11.6 Å². The summed E-state index contributed by atoms with van der Waals surface area (Å²) in [7, 11) is 0. The van der Waals surface area contributed by atoms with E-state index in [0.29, 0.717) is 12.0 Å². The summed E-state index contributed by atoms with van der Waals surface area (Å²) in [4.78, 5) is 9.86. The highest BCUT2D eigenvalue weighted by Gasteiger charge is 2.31. The van der Waals surface area contributed by atoms with Crippen LogP contribution in [0.5, 0.6) is 0 Å². The van der Waals surface area contributed by atoms with Gasteiger partial charge >= 0.3 is 0 Å². The summed E-state index contributed by atoms with van der Waals surface area (Å²) in [5.41, 5.74) is 0. The van der Waals surface area contributed by atoms with Gasteiger partial charge in [0, 0.05) is 32.7 Å². The van der Waals surface area contributed by atoms with Crippen molar-refractivity contribution in [3.63, 3.8) is 0 Å². The zero-order valence-corrected chi connectivity index (χ0v) is 13.7. The number of aromatic amines is 1. The lowest BCUT2D eigenvalue weighted by Gasteiger charge is -2.29. The highest BCUT2D eigenvalue weighted by atomic mass is 15.3. The minimum absolute atomic E-state index is 0.376. The van der Waals surface area contributed by atoms with Crippen molar-refractivity contribution in [2.45, 2.75) is 46.1 Å². The Kier molecular flexibility index (Phi) is 4.60. The molecule has 2 fully saturated rings. The first kappa shape index (κ1) is 15.0. The molecule has 1 N–H and O–H groups in total. The predicted octanol–water partition coefficient (Wildman–Crippen LogP) is 2.23. The maximum Gasteiger partial charge on any atom is 0.167 e. The monoisotopic (exact) mass is 291 g/mol. The van der Waals surface area contributed by atoms with Gasteiger partial charge in [0.1, 0.15) is 5.82 Å². The number of nitrogens with one attached hydrogen (secondary N) is 1. The fourth-order valence-corrected chi connectivity index (χ4v) is 3.36. The number of rotatable bonds is 5. The fraction of sp³-hybridized carbons (Fsp3) is 0.875. The molecule has 1 aliphatic heterocycles. The minimum Gasteiger partial charge on any atom is -0.302 e. The Balaban J connectivity index is 1.70. The van der Waals surface area contributed by atoms with Crippen LogP contribution < -0.4 is 0 Å². The number of aryl methyl sites for hydroxylation is 1. The Labute approximate surface area is 128 Å². The molecule has 2 aliphatic rings. The van der Waals surface area contributed by atoms with Crippen molar-refractivity contribution in [1.82, 2.24) is 25.0 Å². The Morgan fingerprint density at radius 1 is 1.19 bits per heavy atom. The molecule has 118 valence electrons. The summed E-state index contributed by atoms with van der Waals surface area (Å²) in [6, 6.07) is 0.376. The Hall–Kier alpha value is -0.940. The molecular weight excluding hydrogens is 262 g/mol. The molecule has 1 aromatic rings. The quantitative estimate of drug-likeness (QED) is 0.904. The van der Waals surface area contributed by atoms with Crippen LogP contribution in [0.1, 0.15) is 50.8 Å². The van der Waals surface area contributed by atoms with Gasteiger partial charge in [0.25, 0.3) is 0 Å². The standard InChI is InChI=1S/C16H29N5/c1-12(2)10-21-9-8-20(11-14-4-5-14)7-6-15(21)16-17-13(3)18-19-16/h12,14-15H,4-11H2,1-3H3,(H,17,18,19). The third-order valence-electron chi connectivity index (χ3n) is 4.59. The van der Waals surface area contributed by atoms with E-state index in [0.717, 1.165) is 37.1 Å². The molecule has 5 nitrogen and oxygen atoms in total. The topological polar surface area (TPSA) is 48.1 Å². The number of H-pyrrole nitrogens is 1. The van der Waals surface area contributed by atoms with Gasteiger partial charge in [-0.2, -0.15) is 5.10 Å². The maximum atomic E-state index is 4.61. The van der Waals surface area contributed by atoms with Crippen LogP contribution in [0.25, 0.3) is 0 Å². The summed E-state index contributed by atoms with van der Waals surface area (Å²) in [6.07, 6.45) is 4.03. The predicted molar refractivity (Wildman–Crippen MR) is 84.1 cm³/mol. The number of hydrogen-bond donors (Lipinski definition) is 1. The first-order valence-electron chi connectivity index (χ1n) is 8.47. The zero-order valence-electron chi connectivity index (χ0n) is 13.7. The molecule has 0 aromatic carbocycles. The summed E-state index contributed by atoms with van der Waals surface area (Å²) < 4.78 is 0. The van der Waals surface area contributed by atoms with Gasteiger partial charge in [0.2, 0.25) is 0 Å². The third-order valence-corrected chi connectivity index (χ3v) is 4.59. The third kappa shape index (κ3) is 4.04. The molecule has 3 rings (SSSR count). The second-order valence-corrected chi connectivity index (χ2v) is 7.22. The van der Waals surface area contributed by atoms with Gasteiger partial charge < -0.3 is 4.90 Å². The molecule has 1 aromatic heterocycles. The average Bonchev–Trinajstić information content (AvgIpc) is 3.17. The lowest BCUT2D eigenvalue weighted by atomic mass is 10.1. The molecule has 2 heterocycles. The number of nitrogens with zero attached hydrogens (tertiary/aromatic N) is 4. The highest BCUT2D eigenvalue weighted by molar-refractivity contribution is 4.98. The van der Waals surface area contributed by atoms with Crippen LogP contribution in [0, 0.1) is 18.8 Å². The smallest absolute Gasteiger partial charge is 0.167 e. The van der Waals surface area contributed by atoms with Crippen molar-refractivity contribution in [1.29, 1.82) is 0 Å². The molecule has 0 amide bonds. The van der Waals surface area contributed by atoms with Crippen LogP contribution in [0.2, 0.25) is 0 Å². The maximum absolute atomic E-state index is 4.61. The van der Waals surface area contributed by atoms with Crippen LogP contribution >= 0.6 is 0 Å². The second-order valence-electron chi connectivity index (χ2n) is 7.22. The van der Waals surface area contributed by atoms with Crippen LogP contribution in [-0.2, 0) is 0 Å². The normalized spacial score (nSPS) is 25.4. The summed E-state index contributed by atoms with van der Waals surface area (Å²) >= 11 is 0. The molecule has 0 bridgehead atoms. The first-order valence-corrected chi connectivity index (χ1v) is 8.47. The van der Waals surface area contributed by atoms with E-state index >= 15 is 0 Å². The number of hydrogen-bond acceptors (Lipinski definition) is 4. The van der Waals surface area contributed by atoms with Gasteiger partial charge in [-0.15, -0.1) is 0 Å². The van der Waals surface area contributed by atoms with Gasteiger partial charge in [-0.3, -0.25) is 10.00 Å². The van der Waals surface area contributed by atoms with Gasteiger partial charge in [0.15, 0.2) is 5.82 Å². The SMILES string of the molecule is Cc1nc(C2CCN(CC3CC3)CCN2CC(C)C)n[nH]1. The highest BCUT2D eigenvalue weighted by Crippen LogP contribution is 2.31. The van der Waals surface area contributed by atoms with Crippen molar-refractivity contribution in [3.8, 4) is 0 Å². The second kappa shape index (κ2) is 6.44. The summed E-state index contributed by atoms with van der Waals surface area (Å²) in [5.74, 6) is 3.57. The van der Waals surface area contributed by atoms with Crippen molar-refractivity contribution >= 4 is 0 Å². The van der Waals surface area contributed by atoms with Crippen LogP contribution in [0.3, 0.4) is 0 Å². The van der Waals surface area contributed by atoms with Gasteiger partial charge in [-0.05, 0) is 38.0 Å². The van der Waals surface area contributed by atoms with E-state index < -0.39 is 0 Å². The van der Waals surface area contributed by atoms with E-state index in [1.807, 2.05) is 6.92 Å². The molecule has 1 saturated carbocycles. The Morgan fingerprint density at radius 2 is 2.00 bits per heavy atom. The molecule has 0 radical (unpaired) electrons. The Bertz CT molecular complexity index is 451. The molecule has 1 unspecified atom stereocenters. The molecule has 21 heavy (non-hydrogen) atoms. The molecule has 1 atom stereocenters. The lowest BCUT2D eigenvalue weighted by Crippen LogP contribution is -2.35. The molecular formula is C16H29N5. The van der Waals surface area contributed by atoms with Crippen molar-refractivity contribution in [2.75, 3.05) is 32.7 Å². The number of aromatic nitrogens is 3. The first-order chi connectivity index (χ1) is 10.1. The van der Waals surface area contributed by atoms with Crippen molar-refractivity contribution in [2.24, 2.45) is 11.8 Å². The Morgan fingerprint density at radius 3 is 2.62 bits per heavy atom. The van der Waals surface area contributed by atoms with Crippen molar-refractivity contribution < 1.29 is 0 Å². The van der Waals surface area contributed by atoms with E-state index in [-0.39, 0.29) is 0 Å². The van der Waals surface area contributed by atoms with Gasteiger partial charge in [-0.1, -0.05) is 13.8 Å². The largest absolute Gasteiger partial charge is 0.302 e. The van der Waals surface area contributed by atoms with E-state index in [1.165, 1.54) is 32.5 Å². The molecule has 1 saturated heterocycles. The van der Waals surface area contributed by atoms with E-state index in [9.17, 15) is 0 Å². The van der Waals surface area contributed by atoms with Gasteiger partial charge in [0.05, 0.1) is 6.04 Å². The molecule has 1 aliphatic carbocycles. The van der Waals surface area contributed by atoms with E-state index in [1.54, 1.807) is 0 Å². The summed E-state index contributed by atoms with van der Waals surface area (Å²) in [6.45, 7) is 12.5. The van der Waals surface area contributed by atoms with Crippen LogP contribution in [-0.4, -0.2) is 57.7 Å². The lowest BCUT2D eigenvalue weighted by molar-refractivity contribution is 0.175. The molecule has 0 spiro atoms. The average molecular weight is 291 g/mol. The zero-order chi connectivity index (χ0) is 14.8. The van der Waals surface area contributed by atoms with Crippen LogP contribution in [0.15, 0.2) is 0 Å². The van der Waals surface area contributed by atoms with Gasteiger partial charge in [-0.25, -0.2) is 4.98 Å². The van der Waals surface area contributed by atoms with E-state index in [4.69, 9.17) is 0 Å².